The SMILES string of the molecule is NC[C@H]1CCC[C@H]1C(=O)NCc1cccc(C(=O)Nc2ccncc2)c1. The summed E-state index contributed by atoms with van der Waals surface area (Å²) in [4.78, 5) is 28.7. The van der Waals surface area contributed by atoms with Crippen LogP contribution in [0, 0.1) is 11.8 Å². The van der Waals surface area contributed by atoms with E-state index in [1.807, 2.05) is 12.1 Å². The Morgan fingerprint density at radius 2 is 1.96 bits per heavy atom. The molecular weight excluding hydrogens is 328 g/mol. The summed E-state index contributed by atoms with van der Waals surface area (Å²) in [6, 6.07) is 10.7. The Hall–Kier alpha value is -2.73. The molecule has 6 heteroatoms. The quantitative estimate of drug-likeness (QED) is 0.743. The number of hydrogen-bond acceptors (Lipinski definition) is 4. The number of amides is 2. The molecule has 0 unspecified atom stereocenters. The molecule has 4 N–H and O–H groups in total. The van der Waals surface area contributed by atoms with Crippen LogP contribution in [0.2, 0.25) is 0 Å². The Morgan fingerprint density at radius 1 is 1.15 bits per heavy atom. The minimum Gasteiger partial charge on any atom is -0.352 e. The number of nitrogens with two attached hydrogens (primary N) is 1. The van der Waals surface area contributed by atoms with Gasteiger partial charge in [-0.1, -0.05) is 18.6 Å². The molecule has 1 aliphatic rings. The van der Waals surface area contributed by atoms with Gasteiger partial charge < -0.3 is 16.4 Å². The topological polar surface area (TPSA) is 97.1 Å². The highest BCUT2D eigenvalue weighted by Crippen LogP contribution is 2.31. The number of anilines is 1. The number of hydrogen-bond donors (Lipinski definition) is 3. The van der Waals surface area contributed by atoms with Crippen molar-refractivity contribution in [3.05, 3.63) is 59.9 Å². The lowest BCUT2D eigenvalue weighted by molar-refractivity contribution is -0.126. The fourth-order valence-electron chi connectivity index (χ4n) is 3.45. The van der Waals surface area contributed by atoms with Crippen LogP contribution in [0.4, 0.5) is 5.69 Å². The first-order valence-corrected chi connectivity index (χ1v) is 8.95. The van der Waals surface area contributed by atoms with Gasteiger partial charge in [0.15, 0.2) is 0 Å². The van der Waals surface area contributed by atoms with Gasteiger partial charge in [0, 0.05) is 36.1 Å². The third-order valence-corrected chi connectivity index (χ3v) is 4.89. The number of carbonyl (C=O) groups excluding carboxylic acids is 2. The molecule has 1 aromatic heterocycles. The van der Waals surface area contributed by atoms with Crippen LogP contribution in [0.5, 0.6) is 0 Å². The number of benzene rings is 1. The van der Waals surface area contributed by atoms with Crippen molar-refractivity contribution in [2.24, 2.45) is 17.6 Å². The van der Waals surface area contributed by atoms with Gasteiger partial charge in [-0.2, -0.15) is 0 Å². The van der Waals surface area contributed by atoms with Gasteiger partial charge in [0.25, 0.3) is 5.91 Å². The van der Waals surface area contributed by atoms with Crippen molar-refractivity contribution in [1.82, 2.24) is 10.3 Å². The molecule has 0 saturated heterocycles. The molecular formula is C20H24N4O2. The zero-order valence-electron chi connectivity index (χ0n) is 14.7. The highest BCUT2D eigenvalue weighted by Gasteiger charge is 2.31. The Labute approximate surface area is 153 Å². The van der Waals surface area contributed by atoms with E-state index >= 15 is 0 Å². The average Bonchev–Trinajstić information content (AvgIpc) is 3.16. The van der Waals surface area contributed by atoms with Crippen LogP contribution in [-0.4, -0.2) is 23.3 Å². The Bertz CT molecular complexity index is 763. The van der Waals surface area contributed by atoms with E-state index in [0.29, 0.717) is 24.3 Å². The predicted octanol–water partition coefficient (Wildman–Crippen LogP) is 2.33. The molecule has 0 bridgehead atoms. The van der Waals surface area contributed by atoms with Crippen molar-refractivity contribution >= 4 is 17.5 Å². The van der Waals surface area contributed by atoms with E-state index in [1.165, 1.54) is 0 Å². The summed E-state index contributed by atoms with van der Waals surface area (Å²) < 4.78 is 0. The van der Waals surface area contributed by atoms with Gasteiger partial charge in [-0.05, 0) is 55.1 Å². The molecule has 1 aliphatic carbocycles. The second kappa shape index (κ2) is 8.58. The van der Waals surface area contributed by atoms with Crippen molar-refractivity contribution in [3.8, 4) is 0 Å². The van der Waals surface area contributed by atoms with Crippen LogP contribution in [0.3, 0.4) is 0 Å². The molecule has 1 heterocycles. The second-order valence-corrected chi connectivity index (χ2v) is 6.64. The first kappa shape index (κ1) is 18.1. The molecule has 0 spiro atoms. The number of aromatic nitrogens is 1. The van der Waals surface area contributed by atoms with E-state index in [0.717, 1.165) is 24.8 Å². The number of carbonyl (C=O) groups is 2. The molecule has 1 fully saturated rings. The molecule has 0 radical (unpaired) electrons. The first-order chi connectivity index (χ1) is 12.7. The van der Waals surface area contributed by atoms with Crippen molar-refractivity contribution in [2.75, 3.05) is 11.9 Å². The number of rotatable bonds is 6. The number of nitrogens with zero attached hydrogens (tertiary/aromatic N) is 1. The lowest BCUT2D eigenvalue weighted by Gasteiger charge is -2.17. The zero-order valence-corrected chi connectivity index (χ0v) is 14.7. The van der Waals surface area contributed by atoms with Gasteiger partial charge in [0.1, 0.15) is 0 Å². The Morgan fingerprint density at radius 3 is 2.73 bits per heavy atom. The molecule has 1 aromatic carbocycles. The van der Waals surface area contributed by atoms with E-state index in [1.54, 1.807) is 36.7 Å². The van der Waals surface area contributed by atoms with Crippen molar-refractivity contribution in [1.29, 1.82) is 0 Å². The second-order valence-electron chi connectivity index (χ2n) is 6.64. The molecule has 1 saturated carbocycles. The fraction of sp³-hybridized carbons (Fsp3) is 0.350. The molecule has 26 heavy (non-hydrogen) atoms. The summed E-state index contributed by atoms with van der Waals surface area (Å²) in [5, 5.41) is 5.81. The minimum atomic E-state index is -0.191. The summed E-state index contributed by atoms with van der Waals surface area (Å²) >= 11 is 0. The molecule has 2 atom stereocenters. The third kappa shape index (κ3) is 4.46. The van der Waals surface area contributed by atoms with Crippen LogP contribution in [-0.2, 0) is 11.3 Å². The summed E-state index contributed by atoms with van der Waals surface area (Å²) in [5.74, 6) is 0.165. The monoisotopic (exact) mass is 352 g/mol. The van der Waals surface area contributed by atoms with E-state index in [-0.39, 0.29) is 23.7 Å². The lowest BCUT2D eigenvalue weighted by Crippen LogP contribution is -2.34. The minimum absolute atomic E-state index is 0.0122. The standard InChI is InChI=1S/C20H24N4O2/c21-12-16-5-2-6-18(16)20(26)23-13-14-3-1-4-15(11-14)19(25)24-17-7-9-22-10-8-17/h1,3-4,7-11,16,18H,2,5-6,12-13,21H2,(H,23,26)(H,22,24,25)/t16-,18-/m1/s1. The third-order valence-electron chi connectivity index (χ3n) is 4.89. The largest absolute Gasteiger partial charge is 0.352 e. The molecule has 2 aromatic rings. The van der Waals surface area contributed by atoms with Crippen LogP contribution in [0.15, 0.2) is 48.8 Å². The van der Waals surface area contributed by atoms with Gasteiger partial charge in [0.05, 0.1) is 0 Å². The van der Waals surface area contributed by atoms with Crippen molar-refractivity contribution in [2.45, 2.75) is 25.8 Å². The lowest BCUT2D eigenvalue weighted by atomic mass is 9.95. The first-order valence-electron chi connectivity index (χ1n) is 8.95. The maximum Gasteiger partial charge on any atom is 0.255 e. The average molecular weight is 352 g/mol. The zero-order chi connectivity index (χ0) is 18.4. The highest BCUT2D eigenvalue weighted by atomic mass is 16.2. The van der Waals surface area contributed by atoms with E-state index in [2.05, 4.69) is 15.6 Å². The Kier molecular flexibility index (Phi) is 5.96. The molecule has 2 amide bonds. The maximum absolute atomic E-state index is 12.4. The maximum atomic E-state index is 12.4. The van der Waals surface area contributed by atoms with E-state index in [9.17, 15) is 9.59 Å². The number of nitrogens with one attached hydrogen (secondary N) is 2. The molecule has 0 aliphatic heterocycles. The number of pyridine rings is 1. The molecule has 136 valence electrons. The fourth-order valence-corrected chi connectivity index (χ4v) is 3.45. The van der Waals surface area contributed by atoms with Crippen LogP contribution in [0.1, 0.15) is 35.2 Å². The van der Waals surface area contributed by atoms with Crippen LogP contribution >= 0.6 is 0 Å². The van der Waals surface area contributed by atoms with Gasteiger partial charge in [-0.25, -0.2) is 0 Å². The smallest absolute Gasteiger partial charge is 0.255 e. The summed E-state index contributed by atoms with van der Waals surface area (Å²) in [6.45, 7) is 0.964. The van der Waals surface area contributed by atoms with E-state index < -0.39 is 0 Å². The van der Waals surface area contributed by atoms with Gasteiger partial charge in [-0.3, -0.25) is 14.6 Å². The molecule has 3 rings (SSSR count). The van der Waals surface area contributed by atoms with Crippen molar-refractivity contribution in [3.63, 3.8) is 0 Å². The van der Waals surface area contributed by atoms with E-state index in [4.69, 9.17) is 5.73 Å². The van der Waals surface area contributed by atoms with Gasteiger partial charge in [0.2, 0.25) is 5.91 Å². The highest BCUT2D eigenvalue weighted by molar-refractivity contribution is 6.04. The van der Waals surface area contributed by atoms with Crippen molar-refractivity contribution < 1.29 is 9.59 Å². The normalized spacial score (nSPS) is 19.1. The summed E-state index contributed by atoms with van der Waals surface area (Å²) in [6.07, 6.45) is 6.24. The summed E-state index contributed by atoms with van der Waals surface area (Å²) in [5.41, 5.74) is 7.89. The van der Waals surface area contributed by atoms with Crippen LogP contribution < -0.4 is 16.4 Å². The summed E-state index contributed by atoms with van der Waals surface area (Å²) in [7, 11) is 0. The van der Waals surface area contributed by atoms with Crippen LogP contribution in [0.25, 0.3) is 0 Å². The van der Waals surface area contributed by atoms with Gasteiger partial charge >= 0.3 is 0 Å². The predicted molar refractivity (Wildman–Crippen MR) is 100 cm³/mol. The Balaban J connectivity index is 1.59. The van der Waals surface area contributed by atoms with Gasteiger partial charge in [-0.15, -0.1) is 0 Å². The molecule has 6 nitrogen and oxygen atoms in total.